The first-order valence-electron chi connectivity index (χ1n) is 14.4. The van der Waals surface area contributed by atoms with E-state index in [1.807, 2.05) is 42.5 Å². The zero-order chi connectivity index (χ0) is 28.5. The molecule has 0 atom stereocenters. The van der Waals surface area contributed by atoms with Crippen molar-refractivity contribution in [3.8, 4) is 11.5 Å². The van der Waals surface area contributed by atoms with E-state index in [1.165, 1.54) is 21.5 Å². The summed E-state index contributed by atoms with van der Waals surface area (Å²) in [5, 5.41) is 4.14. The third kappa shape index (κ3) is 6.46. The van der Waals surface area contributed by atoms with Crippen molar-refractivity contribution >= 4 is 23.2 Å². The summed E-state index contributed by atoms with van der Waals surface area (Å²) in [6, 6.07) is 60.1. The third-order valence-corrected chi connectivity index (χ3v) is 12.6. The second-order valence-corrected chi connectivity index (χ2v) is 14.4. The van der Waals surface area contributed by atoms with Crippen LogP contribution in [-0.4, -0.2) is 0 Å². The first kappa shape index (κ1) is 27.5. The van der Waals surface area contributed by atoms with Crippen LogP contribution < -0.4 is 25.4 Å². The standard InChI is InChI=1S/C39H35O2P/c1-6-16-32(17-7-1)29-40-35-26-34(27-36(28-35)41-30-33-18-8-2-9-19-33)31-42(37-20-10-3-11-21-37,38-22-12-4-13-23-38)39-24-14-5-15-25-39/h1-28,42H,29-31H2. The molecular formula is C39H35O2P. The van der Waals surface area contributed by atoms with Gasteiger partial charge in [0.05, 0.1) is 0 Å². The predicted molar refractivity (Wildman–Crippen MR) is 178 cm³/mol. The summed E-state index contributed by atoms with van der Waals surface area (Å²) in [7, 11) is -2.50. The number of rotatable bonds is 11. The molecular weight excluding hydrogens is 531 g/mol. The molecule has 6 rings (SSSR count). The van der Waals surface area contributed by atoms with Crippen LogP contribution in [-0.2, 0) is 19.4 Å². The Kier molecular flexibility index (Phi) is 8.74. The summed E-state index contributed by atoms with van der Waals surface area (Å²) >= 11 is 0. The van der Waals surface area contributed by atoms with Crippen molar-refractivity contribution in [3.63, 3.8) is 0 Å². The number of ether oxygens (including phenoxy) is 2. The van der Waals surface area contributed by atoms with E-state index in [1.54, 1.807) is 0 Å². The van der Waals surface area contributed by atoms with Crippen LogP contribution in [0.25, 0.3) is 0 Å². The van der Waals surface area contributed by atoms with E-state index < -0.39 is 7.26 Å². The molecule has 2 nitrogen and oxygen atoms in total. The SMILES string of the molecule is c1ccc(COc2cc(C[PH](c3ccccc3)(c3ccccc3)c3ccccc3)cc(OCc3ccccc3)c2)cc1. The second-order valence-electron chi connectivity index (χ2n) is 10.5. The van der Waals surface area contributed by atoms with Gasteiger partial charge >= 0.3 is 250 Å². The van der Waals surface area contributed by atoms with Crippen molar-refractivity contribution < 1.29 is 9.47 Å². The topological polar surface area (TPSA) is 18.5 Å². The van der Waals surface area contributed by atoms with Crippen molar-refractivity contribution in [3.05, 3.63) is 187 Å². The minimum atomic E-state index is -2.50. The molecule has 0 heterocycles. The quantitative estimate of drug-likeness (QED) is 0.148. The van der Waals surface area contributed by atoms with Gasteiger partial charge in [-0.05, 0) is 0 Å². The Morgan fingerprint density at radius 1 is 0.357 bits per heavy atom. The summed E-state index contributed by atoms with van der Waals surface area (Å²) in [5.74, 6) is 1.63. The van der Waals surface area contributed by atoms with E-state index in [0.29, 0.717) is 13.2 Å². The molecule has 0 saturated heterocycles. The van der Waals surface area contributed by atoms with Gasteiger partial charge in [-0.2, -0.15) is 0 Å². The fourth-order valence-electron chi connectivity index (χ4n) is 5.66. The van der Waals surface area contributed by atoms with Crippen LogP contribution in [0.2, 0.25) is 0 Å². The Morgan fingerprint density at radius 3 is 1.05 bits per heavy atom. The zero-order valence-electron chi connectivity index (χ0n) is 23.6. The average Bonchev–Trinajstić information content (AvgIpc) is 3.07. The molecule has 0 aliphatic carbocycles. The molecule has 3 heteroatoms. The van der Waals surface area contributed by atoms with Crippen LogP contribution in [0.1, 0.15) is 16.7 Å². The zero-order valence-corrected chi connectivity index (χ0v) is 24.6. The molecule has 0 aliphatic heterocycles. The second kappa shape index (κ2) is 13.3. The van der Waals surface area contributed by atoms with E-state index in [9.17, 15) is 0 Å². The average molecular weight is 567 g/mol. The maximum atomic E-state index is 6.39. The van der Waals surface area contributed by atoms with Gasteiger partial charge < -0.3 is 0 Å². The van der Waals surface area contributed by atoms with Crippen molar-refractivity contribution in [2.45, 2.75) is 19.4 Å². The van der Waals surface area contributed by atoms with Gasteiger partial charge in [0.2, 0.25) is 0 Å². The normalized spacial score (nSPS) is 11.5. The maximum absolute atomic E-state index is 6.39. The molecule has 0 amide bonds. The molecule has 0 spiro atoms. The van der Waals surface area contributed by atoms with Gasteiger partial charge in [-0.25, -0.2) is 0 Å². The van der Waals surface area contributed by atoms with Gasteiger partial charge in [0, 0.05) is 0 Å². The number of hydrogen-bond donors (Lipinski definition) is 0. The summed E-state index contributed by atoms with van der Waals surface area (Å²) in [6.07, 6.45) is 0.870. The molecule has 0 fully saturated rings. The van der Waals surface area contributed by atoms with Crippen molar-refractivity contribution in [1.29, 1.82) is 0 Å². The molecule has 0 saturated carbocycles. The Morgan fingerprint density at radius 2 is 0.690 bits per heavy atom. The first-order chi connectivity index (χ1) is 20.8. The van der Waals surface area contributed by atoms with Crippen LogP contribution in [0.4, 0.5) is 0 Å². The number of benzene rings is 6. The van der Waals surface area contributed by atoms with E-state index in [0.717, 1.165) is 28.8 Å². The van der Waals surface area contributed by atoms with Crippen molar-refractivity contribution in [2.24, 2.45) is 0 Å². The van der Waals surface area contributed by atoms with Gasteiger partial charge in [0.1, 0.15) is 0 Å². The van der Waals surface area contributed by atoms with Crippen molar-refractivity contribution in [1.82, 2.24) is 0 Å². The van der Waals surface area contributed by atoms with Gasteiger partial charge in [0.15, 0.2) is 0 Å². The first-order valence-corrected chi connectivity index (χ1v) is 16.6. The van der Waals surface area contributed by atoms with E-state index in [2.05, 4.69) is 127 Å². The van der Waals surface area contributed by atoms with Crippen LogP contribution in [0, 0.1) is 0 Å². The summed E-state index contributed by atoms with van der Waals surface area (Å²) in [4.78, 5) is 0. The summed E-state index contributed by atoms with van der Waals surface area (Å²) in [6.45, 7) is 1.00. The monoisotopic (exact) mass is 566 g/mol. The summed E-state index contributed by atoms with van der Waals surface area (Å²) < 4.78 is 12.8. The molecule has 0 aliphatic rings. The Labute approximate surface area is 249 Å². The minimum absolute atomic E-state index is 0.501. The van der Waals surface area contributed by atoms with Gasteiger partial charge in [-0.15, -0.1) is 0 Å². The molecule has 0 unspecified atom stereocenters. The van der Waals surface area contributed by atoms with Gasteiger partial charge in [-0.1, -0.05) is 0 Å². The third-order valence-electron chi connectivity index (χ3n) is 7.71. The molecule has 6 aromatic carbocycles. The summed E-state index contributed by atoms with van der Waals surface area (Å²) in [5.41, 5.74) is 3.47. The van der Waals surface area contributed by atoms with Crippen LogP contribution in [0.5, 0.6) is 11.5 Å². The fraction of sp³-hybridized carbons (Fsp3) is 0.0769. The molecule has 6 aromatic rings. The van der Waals surface area contributed by atoms with E-state index in [-0.39, 0.29) is 0 Å². The van der Waals surface area contributed by atoms with E-state index >= 15 is 0 Å². The Balaban J connectivity index is 1.44. The fourth-order valence-corrected chi connectivity index (χ4v) is 10.4. The molecule has 0 aromatic heterocycles. The number of hydrogen-bond acceptors (Lipinski definition) is 2. The Bertz CT molecular complexity index is 1510. The predicted octanol–water partition coefficient (Wildman–Crippen LogP) is 8.07. The molecule has 42 heavy (non-hydrogen) atoms. The van der Waals surface area contributed by atoms with Gasteiger partial charge in [0.25, 0.3) is 0 Å². The Hall–Kier alpha value is -4.65. The van der Waals surface area contributed by atoms with Gasteiger partial charge in [-0.3, -0.25) is 0 Å². The van der Waals surface area contributed by atoms with Crippen LogP contribution >= 0.6 is 7.26 Å². The van der Waals surface area contributed by atoms with Crippen LogP contribution in [0.3, 0.4) is 0 Å². The van der Waals surface area contributed by atoms with Crippen LogP contribution in [0.15, 0.2) is 170 Å². The molecule has 0 radical (unpaired) electrons. The molecule has 0 bridgehead atoms. The van der Waals surface area contributed by atoms with E-state index in [4.69, 9.17) is 9.47 Å². The molecule has 208 valence electrons. The molecule has 0 N–H and O–H groups in total. The van der Waals surface area contributed by atoms with Crippen molar-refractivity contribution in [2.75, 3.05) is 0 Å².